The standard InChI is InChI=1S/C10H16N2O3.C8H12N2O3/c1-5(2)4-6(3)7-8(13)11-10(15)12-9(7)14;1-4-5-6(11)9(2)8(13)10(3)7(5)12/h5-7H,4H2,1-3H3,(H2,11,12,13,14,15);5H,4H2,1-3H3. The Hall–Kier alpha value is -2.78. The van der Waals surface area contributed by atoms with Crippen LogP contribution in [0.2, 0.25) is 0 Å². The average Bonchev–Trinajstić information content (AvgIpc) is 2.58. The number of nitrogens with zero attached hydrogens (tertiary/aromatic N) is 2. The van der Waals surface area contributed by atoms with E-state index in [0.29, 0.717) is 12.3 Å². The molecule has 8 amide bonds. The number of hydrogen-bond donors (Lipinski definition) is 2. The molecule has 1 atom stereocenters. The minimum absolute atomic E-state index is 0.0573. The molecule has 2 rings (SSSR count). The van der Waals surface area contributed by atoms with Gasteiger partial charge in [-0.05, 0) is 24.7 Å². The van der Waals surface area contributed by atoms with Crippen molar-refractivity contribution in [1.29, 1.82) is 0 Å². The molecule has 0 aromatic carbocycles. The molecule has 0 radical (unpaired) electrons. The predicted octanol–water partition coefficient (Wildman–Crippen LogP) is 0.714. The van der Waals surface area contributed by atoms with Crippen LogP contribution in [0.5, 0.6) is 0 Å². The van der Waals surface area contributed by atoms with Crippen molar-refractivity contribution < 1.29 is 28.8 Å². The molecule has 2 N–H and O–H groups in total. The quantitative estimate of drug-likeness (QED) is 0.673. The average molecular weight is 396 g/mol. The van der Waals surface area contributed by atoms with Crippen LogP contribution in [0.25, 0.3) is 0 Å². The van der Waals surface area contributed by atoms with Gasteiger partial charge in [0.1, 0.15) is 11.8 Å². The first kappa shape index (κ1) is 23.3. The first-order valence-electron chi connectivity index (χ1n) is 9.17. The smallest absolute Gasteiger partial charge is 0.277 e. The number of amides is 8. The lowest BCUT2D eigenvalue weighted by Gasteiger charge is -2.32. The molecule has 2 fully saturated rings. The van der Waals surface area contributed by atoms with E-state index in [2.05, 4.69) is 10.6 Å². The molecule has 10 heteroatoms. The van der Waals surface area contributed by atoms with Crippen molar-refractivity contribution in [3.8, 4) is 0 Å². The van der Waals surface area contributed by atoms with Gasteiger partial charge in [0.05, 0.1) is 0 Å². The van der Waals surface area contributed by atoms with E-state index >= 15 is 0 Å². The Balaban J connectivity index is 0.000000283. The molecule has 0 spiro atoms. The van der Waals surface area contributed by atoms with Crippen molar-refractivity contribution in [2.45, 2.75) is 40.5 Å². The van der Waals surface area contributed by atoms with Gasteiger partial charge in [-0.15, -0.1) is 0 Å². The van der Waals surface area contributed by atoms with Crippen molar-refractivity contribution >= 4 is 35.7 Å². The molecule has 0 bridgehead atoms. The van der Waals surface area contributed by atoms with Crippen LogP contribution in [0, 0.1) is 23.7 Å². The number of nitrogens with one attached hydrogen (secondary N) is 2. The van der Waals surface area contributed by atoms with Crippen molar-refractivity contribution in [2.24, 2.45) is 23.7 Å². The maximum absolute atomic E-state index is 11.4. The highest BCUT2D eigenvalue weighted by Crippen LogP contribution is 2.22. The lowest BCUT2D eigenvalue weighted by molar-refractivity contribution is -0.147. The molecule has 2 aliphatic heterocycles. The van der Waals surface area contributed by atoms with Gasteiger partial charge in [-0.25, -0.2) is 9.59 Å². The maximum atomic E-state index is 11.4. The van der Waals surface area contributed by atoms with Gasteiger partial charge in [-0.1, -0.05) is 27.7 Å². The fourth-order valence-electron chi connectivity index (χ4n) is 3.26. The van der Waals surface area contributed by atoms with E-state index in [4.69, 9.17) is 0 Å². The van der Waals surface area contributed by atoms with Crippen molar-refractivity contribution in [1.82, 2.24) is 20.4 Å². The lowest BCUT2D eigenvalue weighted by atomic mass is 9.85. The molecule has 28 heavy (non-hydrogen) atoms. The highest BCUT2D eigenvalue weighted by molar-refractivity contribution is 6.16. The fourth-order valence-corrected chi connectivity index (χ4v) is 3.26. The zero-order valence-electron chi connectivity index (χ0n) is 17.1. The number of carbonyl (C=O) groups excluding carboxylic acids is 6. The zero-order chi connectivity index (χ0) is 21.8. The summed E-state index contributed by atoms with van der Waals surface area (Å²) in [6.45, 7) is 7.65. The van der Waals surface area contributed by atoms with E-state index < -0.39 is 47.5 Å². The van der Waals surface area contributed by atoms with Gasteiger partial charge in [0, 0.05) is 14.1 Å². The minimum Gasteiger partial charge on any atom is -0.277 e. The van der Waals surface area contributed by atoms with Crippen LogP contribution in [0.4, 0.5) is 9.59 Å². The van der Waals surface area contributed by atoms with Crippen LogP contribution in [-0.2, 0) is 19.2 Å². The number of barbiturate groups is 2. The Morgan fingerprint density at radius 2 is 1.29 bits per heavy atom. The molecular formula is C18H28N4O6. The summed E-state index contributed by atoms with van der Waals surface area (Å²) in [5.41, 5.74) is 0. The highest BCUT2D eigenvalue weighted by atomic mass is 16.2. The lowest BCUT2D eigenvalue weighted by Crippen LogP contribution is -2.57. The normalized spacial score (nSPS) is 20.1. The second-order valence-corrected chi connectivity index (χ2v) is 7.43. The van der Waals surface area contributed by atoms with Gasteiger partial charge in [0.15, 0.2) is 0 Å². The van der Waals surface area contributed by atoms with E-state index in [1.165, 1.54) is 14.1 Å². The van der Waals surface area contributed by atoms with Crippen LogP contribution >= 0.6 is 0 Å². The Morgan fingerprint density at radius 1 is 0.857 bits per heavy atom. The molecule has 156 valence electrons. The first-order chi connectivity index (χ1) is 12.9. The SMILES string of the molecule is CC(C)CC(C)C1C(=O)NC(=O)NC1=O.CCC1C(=O)N(C)C(=O)N(C)C1=O. The second-order valence-electron chi connectivity index (χ2n) is 7.43. The predicted molar refractivity (Wildman–Crippen MR) is 98.5 cm³/mol. The maximum Gasteiger partial charge on any atom is 0.332 e. The summed E-state index contributed by atoms with van der Waals surface area (Å²) < 4.78 is 0. The van der Waals surface area contributed by atoms with Gasteiger partial charge < -0.3 is 0 Å². The third-order valence-electron chi connectivity index (χ3n) is 4.69. The first-order valence-corrected chi connectivity index (χ1v) is 9.17. The highest BCUT2D eigenvalue weighted by Gasteiger charge is 2.41. The van der Waals surface area contributed by atoms with Crippen LogP contribution in [-0.4, -0.2) is 59.6 Å². The molecule has 0 aliphatic carbocycles. The molecule has 0 aromatic heterocycles. The number of imide groups is 4. The van der Waals surface area contributed by atoms with Crippen molar-refractivity contribution in [3.05, 3.63) is 0 Å². The van der Waals surface area contributed by atoms with E-state index in [1.54, 1.807) is 6.92 Å². The Labute approximate surface area is 164 Å². The monoisotopic (exact) mass is 396 g/mol. The van der Waals surface area contributed by atoms with Crippen molar-refractivity contribution in [3.63, 3.8) is 0 Å². The van der Waals surface area contributed by atoms with E-state index in [-0.39, 0.29) is 5.92 Å². The minimum atomic E-state index is -0.745. The number of rotatable bonds is 4. The largest absolute Gasteiger partial charge is 0.332 e. The summed E-state index contributed by atoms with van der Waals surface area (Å²) in [6, 6.07) is -1.28. The number of urea groups is 2. The molecule has 2 saturated heterocycles. The Morgan fingerprint density at radius 3 is 1.64 bits per heavy atom. The Kier molecular flexibility index (Phi) is 7.83. The van der Waals surface area contributed by atoms with E-state index in [0.717, 1.165) is 16.2 Å². The third kappa shape index (κ3) is 5.14. The second kappa shape index (κ2) is 9.43. The van der Waals surface area contributed by atoms with Crippen LogP contribution in [0.1, 0.15) is 40.5 Å². The van der Waals surface area contributed by atoms with Gasteiger partial charge in [0.25, 0.3) is 0 Å². The van der Waals surface area contributed by atoms with Gasteiger partial charge >= 0.3 is 12.1 Å². The molecule has 2 aliphatic rings. The topological polar surface area (TPSA) is 133 Å². The molecule has 2 heterocycles. The summed E-state index contributed by atoms with van der Waals surface area (Å²) in [6.07, 6.45) is 1.21. The van der Waals surface area contributed by atoms with Crippen LogP contribution in [0.3, 0.4) is 0 Å². The Bertz CT molecular complexity index is 646. The van der Waals surface area contributed by atoms with Gasteiger partial charge in [-0.3, -0.25) is 39.6 Å². The fraction of sp³-hybridized carbons (Fsp3) is 0.667. The molecule has 0 saturated carbocycles. The summed E-state index contributed by atoms with van der Waals surface area (Å²) in [5, 5.41) is 4.21. The zero-order valence-corrected chi connectivity index (χ0v) is 17.1. The van der Waals surface area contributed by atoms with E-state index in [9.17, 15) is 28.8 Å². The number of carbonyl (C=O) groups is 6. The summed E-state index contributed by atoms with van der Waals surface area (Å²) >= 11 is 0. The molecule has 10 nitrogen and oxygen atoms in total. The van der Waals surface area contributed by atoms with Crippen molar-refractivity contribution in [2.75, 3.05) is 14.1 Å². The summed E-state index contributed by atoms with van der Waals surface area (Å²) in [5.74, 6) is -2.87. The van der Waals surface area contributed by atoms with Gasteiger partial charge in [-0.2, -0.15) is 0 Å². The summed E-state index contributed by atoms with van der Waals surface area (Å²) in [7, 11) is 2.77. The third-order valence-corrected chi connectivity index (χ3v) is 4.69. The summed E-state index contributed by atoms with van der Waals surface area (Å²) in [4.78, 5) is 69.6. The molecule has 0 aromatic rings. The van der Waals surface area contributed by atoms with E-state index in [1.807, 2.05) is 20.8 Å². The molecule has 1 unspecified atom stereocenters. The van der Waals surface area contributed by atoms with Crippen LogP contribution in [0.15, 0.2) is 0 Å². The van der Waals surface area contributed by atoms with Gasteiger partial charge in [0.2, 0.25) is 23.6 Å². The number of hydrogen-bond acceptors (Lipinski definition) is 6. The van der Waals surface area contributed by atoms with Crippen LogP contribution < -0.4 is 10.6 Å². The molecular weight excluding hydrogens is 368 g/mol.